The van der Waals surface area contributed by atoms with E-state index in [0.29, 0.717) is 11.5 Å². The molecule has 1 aliphatic rings. The lowest BCUT2D eigenvalue weighted by Gasteiger charge is -2.24. The molecule has 1 amide bonds. The molecule has 0 saturated heterocycles. The summed E-state index contributed by atoms with van der Waals surface area (Å²) in [5.74, 6) is -0.486. The second kappa shape index (κ2) is 6.59. The van der Waals surface area contributed by atoms with Gasteiger partial charge in [-0.15, -0.1) is 15.7 Å². The number of ether oxygens (including phenoxy) is 1. The molecule has 1 aromatic rings. The summed E-state index contributed by atoms with van der Waals surface area (Å²) in [5, 5.41) is 4.51. The van der Waals surface area contributed by atoms with Gasteiger partial charge in [-0.05, 0) is 24.4 Å². The molecule has 0 unspecified atom stereocenters. The van der Waals surface area contributed by atoms with Gasteiger partial charge in [0.1, 0.15) is 5.70 Å². The maximum atomic E-state index is 12.3. The number of hydrogen-bond acceptors (Lipinski definition) is 5. The number of carbonyl (C=O) groups is 1. The average molecular weight is 343 g/mol. The molecular weight excluding hydrogens is 326 g/mol. The van der Waals surface area contributed by atoms with Crippen LogP contribution >= 0.6 is 11.3 Å². The molecule has 0 radical (unpaired) electrons. The van der Waals surface area contributed by atoms with Gasteiger partial charge in [-0.2, -0.15) is 8.42 Å². The number of rotatable bonds is 5. The van der Waals surface area contributed by atoms with Gasteiger partial charge in [0.2, 0.25) is 0 Å². The van der Waals surface area contributed by atoms with Crippen LogP contribution in [-0.4, -0.2) is 51.1 Å². The van der Waals surface area contributed by atoms with Crippen molar-refractivity contribution in [1.82, 2.24) is 9.62 Å². The summed E-state index contributed by atoms with van der Waals surface area (Å²) < 4.78 is 33.8. The van der Waals surface area contributed by atoms with Gasteiger partial charge in [0, 0.05) is 20.2 Å². The van der Waals surface area contributed by atoms with Crippen LogP contribution in [0.3, 0.4) is 0 Å². The third-order valence-electron chi connectivity index (χ3n) is 2.97. The number of carbonyl (C=O) groups excluding carboxylic acids is 1. The van der Waals surface area contributed by atoms with E-state index in [-0.39, 0.29) is 17.5 Å². The zero-order chi connectivity index (χ0) is 16.3. The molecule has 1 atom stereocenters. The number of allylic oxidation sites excluding steroid dienone is 1. The smallest absolute Gasteiger partial charge is 0.345 e. The molecule has 0 fully saturated rings. The summed E-state index contributed by atoms with van der Waals surface area (Å²) >= 11 is 1.36. The van der Waals surface area contributed by atoms with Crippen LogP contribution in [0.1, 0.15) is 11.8 Å². The Balaban J connectivity index is 2.33. The Kier molecular flexibility index (Phi) is 4.99. The normalized spacial score (nSPS) is 18.4. The minimum atomic E-state index is -3.91. The second-order valence-electron chi connectivity index (χ2n) is 4.76. The van der Waals surface area contributed by atoms with E-state index in [9.17, 15) is 13.2 Å². The first-order chi connectivity index (χ1) is 10.3. The van der Waals surface area contributed by atoms with Crippen LogP contribution in [0.25, 0.3) is 0 Å². The minimum absolute atomic E-state index is 0.0290. The maximum Gasteiger partial charge on any atom is 0.345 e. The van der Waals surface area contributed by atoms with Crippen molar-refractivity contribution in [3.8, 4) is 0 Å². The Hall–Kier alpha value is -1.71. The zero-order valence-corrected chi connectivity index (χ0v) is 14.1. The average Bonchev–Trinajstić information content (AvgIpc) is 2.95. The van der Waals surface area contributed by atoms with Gasteiger partial charge < -0.3 is 10.1 Å². The fraction of sp³-hybridized carbons (Fsp3) is 0.385. The summed E-state index contributed by atoms with van der Waals surface area (Å²) in [6.45, 7) is 2.11. The third kappa shape index (κ3) is 3.54. The van der Waals surface area contributed by atoms with Crippen molar-refractivity contribution < 1.29 is 17.9 Å². The molecule has 1 aliphatic heterocycles. The van der Waals surface area contributed by atoms with Gasteiger partial charge in [0.05, 0.1) is 17.2 Å². The van der Waals surface area contributed by atoms with Gasteiger partial charge >= 0.3 is 10.2 Å². The first kappa shape index (κ1) is 16.7. The topological polar surface area (TPSA) is 88.1 Å². The molecule has 1 aromatic heterocycles. The number of methoxy groups -OCH3 is 1. The summed E-state index contributed by atoms with van der Waals surface area (Å²) in [4.78, 5) is 13.0. The number of amides is 1. The van der Waals surface area contributed by atoms with Crippen molar-refractivity contribution in [2.45, 2.75) is 13.0 Å². The third-order valence-corrected chi connectivity index (χ3v) is 5.18. The van der Waals surface area contributed by atoms with Crippen LogP contribution in [0.15, 0.2) is 33.7 Å². The van der Waals surface area contributed by atoms with Gasteiger partial charge in [-0.1, -0.05) is 6.07 Å². The summed E-state index contributed by atoms with van der Waals surface area (Å²) in [5.41, 5.74) is 0.291. The van der Waals surface area contributed by atoms with E-state index in [1.807, 2.05) is 5.38 Å². The Bertz CT molecular complexity index is 708. The van der Waals surface area contributed by atoms with Crippen molar-refractivity contribution in [2.75, 3.05) is 20.8 Å². The fourth-order valence-electron chi connectivity index (χ4n) is 1.89. The summed E-state index contributed by atoms with van der Waals surface area (Å²) in [6.07, 6.45) is 1.47. The van der Waals surface area contributed by atoms with E-state index in [4.69, 9.17) is 4.74 Å². The lowest BCUT2D eigenvalue weighted by Crippen LogP contribution is -2.42. The predicted molar refractivity (Wildman–Crippen MR) is 85.1 cm³/mol. The summed E-state index contributed by atoms with van der Waals surface area (Å²) in [7, 11) is -1.08. The van der Waals surface area contributed by atoms with Gasteiger partial charge in [0.25, 0.3) is 5.91 Å². The maximum absolute atomic E-state index is 12.3. The lowest BCUT2D eigenvalue weighted by atomic mass is 10.2. The molecule has 0 saturated carbocycles. The highest BCUT2D eigenvalue weighted by Gasteiger charge is 2.30. The minimum Gasteiger partial charge on any atom is -0.383 e. The van der Waals surface area contributed by atoms with Crippen molar-refractivity contribution in [3.63, 3.8) is 0 Å². The quantitative estimate of drug-likeness (QED) is 0.855. The largest absolute Gasteiger partial charge is 0.383 e. The molecule has 0 spiro atoms. The van der Waals surface area contributed by atoms with Crippen molar-refractivity contribution >= 4 is 33.2 Å². The Labute approximate surface area is 133 Å². The monoisotopic (exact) mass is 343 g/mol. The van der Waals surface area contributed by atoms with Crippen LogP contribution in [0.2, 0.25) is 0 Å². The molecule has 0 aliphatic carbocycles. The van der Waals surface area contributed by atoms with Gasteiger partial charge in [0.15, 0.2) is 0 Å². The predicted octanol–water partition coefficient (Wildman–Crippen LogP) is 0.762. The highest BCUT2D eigenvalue weighted by Crippen LogP contribution is 2.21. The number of hydrogen-bond donors (Lipinski definition) is 1. The Morgan fingerprint density at radius 2 is 2.27 bits per heavy atom. The molecule has 22 heavy (non-hydrogen) atoms. The van der Waals surface area contributed by atoms with Crippen LogP contribution in [-0.2, 0) is 19.7 Å². The number of nitrogens with zero attached hydrogens (tertiary/aromatic N) is 2. The first-order valence-corrected chi connectivity index (χ1v) is 8.77. The van der Waals surface area contributed by atoms with E-state index >= 15 is 0 Å². The SMILES string of the molecule is COC[C@H](C)NC(=O)C1=CC(c2cccs2)=NS(=O)(=O)N1C. The highest BCUT2D eigenvalue weighted by molar-refractivity contribution is 7.88. The Morgan fingerprint density at radius 3 is 2.86 bits per heavy atom. The van der Waals surface area contributed by atoms with E-state index in [1.165, 1.54) is 31.6 Å². The van der Waals surface area contributed by atoms with E-state index < -0.39 is 16.1 Å². The number of likely N-dealkylation sites (N-methyl/N-ethyl adjacent to an activating group) is 1. The van der Waals surface area contributed by atoms with E-state index in [0.717, 1.165) is 4.31 Å². The number of nitrogens with one attached hydrogen (secondary N) is 1. The van der Waals surface area contributed by atoms with Crippen molar-refractivity contribution in [1.29, 1.82) is 0 Å². The highest BCUT2D eigenvalue weighted by atomic mass is 32.2. The van der Waals surface area contributed by atoms with Gasteiger partial charge in [-0.25, -0.2) is 4.31 Å². The second-order valence-corrected chi connectivity index (χ2v) is 7.33. The van der Waals surface area contributed by atoms with Crippen LogP contribution in [0, 0.1) is 0 Å². The van der Waals surface area contributed by atoms with E-state index in [1.54, 1.807) is 19.1 Å². The Morgan fingerprint density at radius 1 is 1.55 bits per heavy atom. The molecule has 1 N–H and O–H groups in total. The van der Waals surface area contributed by atoms with Gasteiger partial charge in [-0.3, -0.25) is 4.79 Å². The molecule has 120 valence electrons. The molecule has 2 rings (SSSR count). The van der Waals surface area contributed by atoms with Crippen LogP contribution in [0.5, 0.6) is 0 Å². The zero-order valence-electron chi connectivity index (χ0n) is 12.4. The van der Waals surface area contributed by atoms with Crippen LogP contribution in [0.4, 0.5) is 0 Å². The number of thiophene rings is 1. The molecular formula is C13H17N3O4S2. The van der Waals surface area contributed by atoms with Crippen LogP contribution < -0.4 is 5.32 Å². The molecule has 0 bridgehead atoms. The lowest BCUT2D eigenvalue weighted by molar-refractivity contribution is -0.119. The molecule has 0 aromatic carbocycles. The summed E-state index contributed by atoms with van der Waals surface area (Å²) in [6, 6.07) is 3.31. The molecule has 7 nitrogen and oxygen atoms in total. The standard InChI is InChI=1S/C13H17N3O4S2/c1-9(8-20-3)14-13(17)11-7-10(12-5-4-6-21-12)15-22(18,19)16(11)2/h4-7,9H,8H2,1-3H3,(H,14,17)/t9-/m0/s1. The molecule has 9 heteroatoms. The van der Waals surface area contributed by atoms with Crippen molar-refractivity contribution in [2.24, 2.45) is 4.40 Å². The molecule has 2 heterocycles. The first-order valence-electron chi connectivity index (χ1n) is 6.49. The van der Waals surface area contributed by atoms with E-state index in [2.05, 4.69) is 9.71 Å². The fourth-order valence-corrected chi connectivity index (χ4v) is 3.55. The van der Waals surface area contributed by atoms with Crippen molar-refractivity contribution in [3.05, 3.63) is 34.2 Å².